The topological polar surface area (TPSA) is 58.4 Å². The van der Waals surface area contributed by atoms with Crippen molar-refractivity contribution in [2.75, 3.05) is 25.0 Å². The van der Waals surface area contributed by atoms with Gasteiger partial charge in [0.2, 0.25) is 0 Å². The summed E-state index contributed by atoms with van der Waals surface area (Å²) < 4.78 is 1.71. The highest BCUT2D eigenvalue weighted by Gasteiger charge is 2.34. The third kappa shape index (κ3) is 1.95. The van der Waals surface area contributed by atoms with Gasteiger partial charge in [-0.2, -0.15) is 19.6 Å². The lowest BCUT2D eigenvalue weighted by Gasteiger charge is -2.45. The lowest BCUT2D eigenvalue weighted by atomic mass is 9.84. The second kappa shape index (κ2) is 4.31. The van der Waals surface area contributed by atoms with Crippen molar-refractivity contribution in [1.29, 1.82) is 0 Å². The minimum Gasteiger partial charge on any atom is -0.366 e. The Labute approximate surface area is 115 Å². The molecule has 5 rings (SSSR count). The predicted octanol–water partition coefficient (Wildman–Crippen LogP) is 1.28. The van der Waals surface area contributed by atoms with Crippen LogP contribution in [0.5, 0.6) is 0 Å². The molecule has 3 fully saturated rings. The minimum absolute atomic E-state index is 0.448. The van der Waals surface area contributed by atoms with Crippen LogP contribution in [0.1, 0.15) is 12.8 Å². The Morgan fingerprint density at radius 3 is 2.89 bits per heavy atom. The second-order valence-electron chi connectivity index (χ2n) is 5.32. The number of piperidine rings is 3. The van der Waals surface area contributed by atoms with E-state index in [0.717, 1.165) is 18.3 Å². The minimum atomic E-state index is 0.448. The van der Waals surface area contributed by atoms with E-state index in [1.807, 2.05) is 6.07 Å². The number of fused-ring (bicyclic) bond motifs is 4. The van der Waals surface area contributed by atoms with Gasteiger partial charge in [-0.15, -0.1) is 0 Å². The molecule has 0 amide bonds. The van der Waals surface area contributed by atoms with Crippen molar-refractivity contribution in [3.8, 4) is 0 Å². The number of rotatable bonds is 2. The van der Waals surface area contributed by atoms with Crippen molar-refractivity contribution in [3.63, 3.8) is 0 Å². The number of halogens is 1. The van der Waals surface area contributed by atoms with E-state index in [0.29, 0.717) is 17.0 Å². The summed E-state index contributed by atoms with van der Waals surface area (Å²) in [5.41, 5.74) is 0. The number of aromatic nitrogens is 4. The first-order valence-electron chi connectivity index (χ1n) is 6.65. The molecule has 3 saturated heterocycles. The molecule has 0 saturated carbocycles. The first-order valence-corrected chi connectivity index (χ1v) is 7.02. The number of nitrogens with one attached hydrogen (secondary N) is 1. The van der Waals surface area contributed by atoms with Crippen molar-refractivity contribution in [1.82, 2.24) is 24.5 Å². The average molecular weight is 279 g/mol. The summed E-state index contributed by atoms with van der Waals surface area (Å²) in [4.78, 5) is 10.7. The summed E-state index contributed by atoms with van der Waals surface area (Å²) in [5, 5.41) is 8.22. The van der Waals surface area contributed by atoms with Gasteiger partial charge in [-0.1, -0.05) is 11.6 Å². The van der Waals surface area contributed by atoms with E-state index in [-0.39, 0.29) is 0 Å². The zero-order valence-electron chi connectivity index (χ0n) is 10.5. The monoisotopic (exact) mass is 278 g/mol. The molecule has 5 heterocycles. The molecule has 3 aliphatic heterocycles. The molecule has 19 heavy (non-hydrogen) atoms. The molecular formula is C12H15ClN6. The molecule has 2 aromatic rings. The van der Waals surface area contributed by atoms with Gasteiger partial charge in [-0.05, 0) is 31.8 Å². The summed E-state index contributed by atoms with van der Waals surface area (Å²) in [6.07, 6.45) is 4.05. The zero-order chi connectivity index (χ0) is 12.8. The Kier molecular flexibility index (Phi) is 2.60. The van der Waals surface area contributed by atoms with Gasteiger partial charge in [0.05, 0.1) is 0 Å². The molecule has 2 aromatic heterocycles. The summed E-state index contributed by atoms with van der Waals surface area (Å²) in [6, 6.07) is 2.29. The molecule has 6 nitrogen and oxygen atoms in total. The third-order valence-corrected chi connectivity index (χ3v) is 4.40. The Bertz CT molecular complexity index is 603. The van der Waals surface area contributed by atoms with E-state index in [1.165, 1.54) is 32.3 Å². The first-order chi connectivity index (χ1) is 9.29. The summed E-state index contributed by atoms with van der Waals surface area (Å²) in [5.74, 6) is 2.16. The summed E-state index contributed by atoms with van der Waals surface area (Å²) >= 11 is 6.03. The molecule has 1 N–H and O–H groups in total. The van der Waals surface area contributed by atoms with Gasteiger partial charge in [0.15, 0.2) is 0 Å². The molecule has 1 unspecified atom stereocenters. The van der Waals surface area contributed by atoms with E-state index in [1.54, 1.807) is 4.52 Å². The van der Waals surface area contributed by atoms with E-state index in [2.05, 4.69) is 25.3 Å². The fourth-order valence-electron chi connectivity index (χ4n) is 3.20. The van der Waals surface area contributed by atoms with Crippen molar-refractivity contribution in [3.05, 3.63) is 17.5 Å². The molecule has 0 aromatic carbocycles. The molecule has 2 bridgehead atoms. The van der Waals surface area contributed by atoms with Crippen LogP contribution >= 0.6 is 11.6 Å². The van der Waals surface area contributed by atoms with Gasteiger partial charge in [-0.3, -0.25) is 0 Å². The SMILES string of the molecule is Clc1cc(NC2CN3CCC2CC3)n2ncnc2n1. The Balaban J connectivity index is 1.66. The van der Waals surface area contributed by atoms with Crippen LogP contribution in [0.3, 0.4) is 0 Å². The molecule has 0 spiro atoms. The largest absolute Gasteiger partial charge is 0.366 e. The van der Waals surface area contributed by atoms with E-state index >= 15 is 0 Å². The lowest BCUT2D eigenvalue weighted by Crippen LogP contribution is -2.53. The summed E-state index contributed by atoms with van der Waals surface area (Å²) in [6.45, 7) is 3.57. The fourth-order valence-corrected chi connectivity index (χ4v) is 3.38. The maximum atomic E-state index is 6.03. The van der Waals surface area contributed by atoms with Crippen LogP contribution in [0.4, 0.5) is 5.82 Å². The van der Waals surface area contributed by atoms with Gasteiger partial charge in [0.1, 0.15) is 17.3 Å². The van der Waals surface area contributed by atoms with E-state index in [9.17, 15) is 0 Å². The molecule has 0 radical (unpaired) electrons. The number of hydrogen-bond donors (Lipinski definition) is 1. The van der Waals surface area contributed by atoms with Crippen LogP contribution in [0, 0.1) is 5.92 Å². The normalized spacial score (nSPS) is 29.8. The Hall–Kier alpha value is -1.40. The maximum Gasteiger partial charge on any atom is 0.255 e. The summed E-state index contributed by atoms with van der Waals surface area (Å²) in [7, 11) is 0. The maximum absolute atomic E-state index is 6.03. The molecular weight excluding hydrogens is 264 g/mol. The van der Waals surface area contributed by atoms with E-state index < -0.39 is 0 Å². The van der Waals surface area contributed by atoms with Crippen molar-refractivity contribution in [2.45, 2.75) is 18.9 Å². The van der Waals surface area contributed by atoms with Gasteiger partial charge in [0, 0.05) is 18.7 Å². The van der Waals surface area contributed by atoms with Crippen molar-refractivity contribution in [2.24, 2.45) is 5.92 Å². The van der Waals surface area contributed by atoms with Crippen LogP contribution in [-0.4, -0.2) is 50.2 Å². The van der Waals surface area contributed by atoms with Crippen molar-refractivity contribution < 1.29 is 0 Å². The lowest BCUT2D eigenvalue weighted by molar-refractivity contribution is 0.0973. The first kappa shape index (κ1) is 11.4. The smallest absolute Gasteiger partial charge is 0.255 e. The molecule has 0 aliphatic carbocycles. The van der Waals surface area contributed by atoms with Gasteiger partial charge < -0.3 is 10.2 Å². The van der Waals surface area contributed by atoms with Gasteiger partial charge in [-0.25, -0.2) is 0 Å². The zero-order valence-corrected chi connectivity index (χ0v) is 11.2. The molecule has 1 atom stereocenters. The average Bonchev–Trinajstić information content (AvgIpc) is 2.88. The standard InChI is InChI=1S/C12H15ClN6/c13-10-5-11(19-12(17-10)14-7-15-19)16-9-6-18-3-1-8(9)2-4-18/h5,7-9,16H,1-4,6H2. The highest BCUT2D eigenvalue weighted by Crippen LogP contribution is 2.30. The Morgan fingerprint density at radius 2 is 2.16 bits per heavy atom. The fraction of sp³-hybridized carbons (Fsp3) is 0.583. The molecule has 100 valence electrons. The number of hydrogen-bond acceptors (Lipinski definition) is 5. The van der Waals surface area contributed by atoms with Crippen LogP contribution in [0.15, 0.2) is 12.4 Å². The quantitative estimate of drug-likeness (QED) is 0.839. The van der Waals surface area contributed by atoms with Crippen LogP contribution in [0.25, 0.3) is 5.78 Å². The number of anilines is 1. The molecule has 3 aliphatic rings. The van der Waals surface area contributed by atoms with Gasteiger partial charge >= 0.3 is 0 Å². The van der Waals surface area contributed by atoms with Crippen LogP contribution in [0.2, 0.25) is 5.15 Å². The van der Waals surface area contributed by atoms with Crippen LogP contribution in [-0.2, 0) is 0 Å². The highest BCUT2D eigenvalue weighted by atomic mass is 35.5. The second-order valence-corrected chi connectivity index (χ2v) is 5.71. The number of nitrogens with zero attached hydrogens (tertiary/aromatic N) is 5. The predicted molar refractivity (Wildman–Crippen MR) is 72.4 cm³/mol. The van der Waals surface area contributed by atoms with E-state index in [4.69, 9.17) is 11.6 Å². The molecule has 7 heteroatoms. The van der Waals surface area contributed by atoms with Gasteiger partial charge in [0.25, 0.3) is 5.78 Å². The van der Waals surface area contributed by atoms with Crippen molar-refractivity contribution >= 4 is 23.2 Å². The highest BCUT2D eigenvalue weighted by molar-refractivity contribution is 6.29. The third-order valence-electron chi connectivity index (χ3n) is 4.21. The van der Waals surface area contributed by atoms with Crippen LogP contribution < -0.4 is 5.32 Å². The Morgan fingerprint density at radius 1 is 1.32 bits per heavy atom.